The van der Waals surface area contributed by atoms with E-state index < -0.39 is 18.0 Å². The Morgan fingerprint density at radius 3 is 2.67 bits per heavy atom. The third kappa shape index (κ3) is 3.94. The fraction of sp³-hybridized carbons (Fsp3) is 0.308. The lowest BCUT2D eigenvalue weighted by Gasteiger charge is -2.32. The first-order valence-electron chi connectivity index (χ1n) is 6.26. The van der Waals surface area contributed by atoms with E-state index in [-0.39, 0.29) is 25.5 Å². The molecule has 2 rings (SSSR count). The molecule has 0 aromatic heterocycles. The highest BCUT2D eigenvalue weighted by Crippen LogP contribution is 2.11. The molecule has 1 fully saturated rings. The molecule has 0 spiro atoms. The minimum Gasteiger partial charge on any atom is -0.480 e. The number of carboxylic acid groups (broad SMARTS) is 1. The summed E-state index contributed by atoms with van der Waals surface area (Å²) in [5.41, 5.74) is 0.875. The van der Waals surface area contributed by atoms with Crippen LogP contribution in [0.4, 0.5) is 4.79 Å². The van der Waals surface area contributed by atoms with E-state index in [2.05, 4.69) is 26.6 Å². The summed E-state index contributed by atoms with van der Waals surface area (Å²) in [5, 5.41) is 14.1. The van der Waals surface area contributed by atoms with Gasteiger partial charge in [-0.3, -0.25) is 9.69 Å². The fourth-order valence-corrected chi connectivity index (χ4v) is 2.22. The summed E-state index contributed by atoms with van der Waals surface area (Å²) in [6, 6.07) is 5.74. The Bertz CT molecular complexity index is 561. The van der Waals surface area contributed by atoms with Crippen LogP contribution in [-0.4, -0.2) is 47.0 Å². The average molecular weight is 356 g/mol. The van der Waals surface area contributed by atoms with Gasteiger partial charge in [0.15, 0.2) is 0 Å². The topological polar surface area (TPSA) is 98.7 Å². The number of nitrogens with zero attached hydrogens (tertiary/aromatic N) is 1. The Labute approximate surface area is 129 Å². The summed E-state index contributed by atoms with van der Waals surface area (Å²) in [6.45, 7) is -0.0838. The lowest BCUT2D eigenvalue weighted by atomic mass is 10.2. The summed E-state index contributed by atoms with van der Waals surface area (Å²) in [5.74, 6) is -1.51. The van der Waals surface area contributed by atoms with Crippen molar-refractivity contribution < 1.29 is 19.5 Å². The predicted molar refractivity (Wildman–Crippen MR) is 77.5 cm³/mol. The maximum Gasteiger partial charge on any atom is 0.328 e. The van der Waals surface area contributed by atoms with Crippen LogP contribution in [0.1, 0.15) is 5.56 Å². The molecule has 1 saturated heterocycles. The summed E-state index contributed by atoms with van der Waals surface area (Å²) >= 11 is 3.31. The summed E-state index contributed by atoms with van der Waals surface area (Å²) in [4.78, 5) is 35.5. The molecule has 0 aliphatic carbocycles. The van der Waals surface area contributed by atoms with Gasteiger partial charge in [0.25, 0.3) is 0 Å². The molecule has 7 nitrogen and oxygen atoms in total. The molecular weight excluding hydrogens is 342 g/mol. The second-order valence-electron chi connectivity index (χ2n) is 4.57. The highest BCUT2D eigenvalue weighted by Gasteiger charge is 2.35. The van der Waals surface area contributed by atoms with Crippen LogP contribution in [0.15, 0.2) is 28.7 Å². The van der Waals surface area contributed by atoms with Gasteiger partial charge in [-0.05, 0) is 17.7 Å². The van der Waals surface area contributed by atoms with Crippen molar-refractivity contribution in [2.45, 2.75) is 12.6 Å². The molecule has 112 valence electrons. The van der Waals surface area contributed by atoms with Crippen LogP contribution in [0.5, 0.6) is 0 Å². The number of carboxylic acids is 1. The van der Waals surface area contributed by atoms with Gasteiger partial charge in [0.1, 0.15) is 12.6 Å². The first kappa shape index (κ1) is 15.3. The number of carbonyl (C=O) groups excluding carboxylic acids is 2. The minimum absolute atomic E-state index is 0.0835. The van der Waals surface area contributed by atoms with Crippen LogP contribution in [0.2, 0.25) is 0 Å². The second-order valence-corrected chi connectivity index (χ2v) is 5.49. The van der Waals surface area contributed by atoms with Gasteiger partial charge in [0.2, 0.25) is 5.91 Å². The van der Waals surface area contributed by atoms with E-state index in [1.165, 1.54) is 0 Å². The summed E-state index contributed by atoms with van der Waals surface area (Å²) < 4.78 is 0.927. The first-order chi connectivity index (χ1) is 9.97. The van der Waals surface area contributed by atoms with Gasteiger partial charge in [-0.15, -0.1) is 0 Å². The third-order valence-corrected chi connectivity index (χ3v) is 3.61. The smallest absolute Gasteiger partial charge is 0.328 e. The van der Waals surface area contributed by atoms with E-state index >= 15 is 0 Å². The molecule has 21 heavy (non-hydrogen) atoms. The monoisotopic (exact) mass is 355 g/mol. The fourth-order valence-electron chi connectivity index (χ4n) is 1.96. The highest BCUT2D eigenvalue weighted by molar-refractivity contribution is 9.10. The largest absolute Gasteiger partial charge is 0.480 e. The molecular formula is C13H14BrN3O4. The number of hydrogen-bond donors (Lipinski definition) is 3. The predicted octanol–water partition coefficient (Wildman–Crippen LogP) is 0.544. The molecule has 0 saturated carbocycles. The molecule has 0 radical (unpaired) electrons. The average Bonchev–Trinajstić information content (AvgIpc) is 2.46. The Morgan fingerprint density at radius 1 is 1.38 bits per heavy atom. The lowest BCUT2D eigenvalue weighted by Crippen LogP contribution is -2.61. The highest BCUT2D eigenvalue weighted by atomic mass is 79.9. The number of hydrogen-bond acceptors (Lipinski definition) is 3. The SMILES string of the molecule is O=C1CN(C(=O)NCc2ccc(Br)cc2)C(C(=O)O)CN1. The van der Waals surface area contributed by atoms with E-state index in [0.29, 0.717) is 0 Å². The van der Waals surface area contributed by atoms with E-state index in [1.54, 1.807) is 0 Å². The molecule has 1 aromatic rings. The van der Waals surface area contributed by atoms with E-state index in [9.17, 15) is 14.4 Å². The third-order valence-electron chi connectivity index (χ3n) is 3.09. The first-order valence-corrected chi connectivity index (χ1v) is 7.05. The molecule has 1 aliphatic rings. The van der Waals surface area contributed by atoms with Crippen molar-refractivity contribution in [2.75, 3.05) is 13.1 Å². The molecule has 1 aromatic carbocycles. The van der Waals surface area contributed by atoms with Crippen molar-refractivity contribution in [3.63, 3.8) is 0 Å². The maximum absolute atomic E-state index is 12.1. The van der Waals surface area contributed by atoms with Crippen molar-refractivity contribution >= 4 is 33.8 Å². The number of amides is 3. The van der Waals surface area contributed by atoms with Crippen molar-refractivity contribution in [1.29, 1.82) is 0 Å². The summed E-state index contributed by atoms with van der Waals surface area (Å²) in [6.07, 6.45) is 0. The Kier molecular flexibility index (Phi) is 4.79. The minimum atomic E-state index is -1.14. The molecule has 1 unspecified atom stereocenters. The maximum atomic E-state index is 12.1. The van der Waals surface area contributed by atoms with Crippen molar-refractivity contribution in [3.05, 3.63) is 34.3 Å². The van der Waals surface area contributed by atoms with Gasteiger partial charge in [-0.2, -0.15) is 0 Å². The zero-order chi connectivity index (χ0) is 15.4. The normalized spacial score (nSPS) is 18.0. The van der Waals surface area contributed by atoms with Gasteiger partial charge < -0.3 is 15.7 Å². The molecule has 1 atom stereocenters. The lowest BCUT2D eigenvalue weighted by molar-refractivity contribution is -0.144. The number of benzene rings is 1. The van der Waals surface area contributed by atoms with Crippen molar-refractivity contribution in [3.8, 4) is 0 Å². The van der Waals surface area contributed by atoms with Gasteiger partial charge in [-0.1, -0.05) is 28.1 Å². The molecule has 3 amide bonds. The van der Waals surface area contributed by atoms with Crippen LogP contribution in [0, 0.1) is 0 Å². The summed E-state index contributed by atoms with van der Waals surface area (Å²) in [7, 11) is 0. The van der Waals surface area contributed by atoms with Crippen LogP contribution in [0.3, 0.4) is 0 Å². The standard InChI is InChI=1S/C13H14BrN3O4/c14-9-3-1-8(2-4-9)5-16-13(21)17-7-11(18)15-6-10(17)12(19)20/h1-4,10H,5-7H2,(H,15,18)(H,16,21)(H,19,20). The van der Waals surface area contributed by atoms with Gasteiger partial charge >= 0.3 is 12.0 Å². The Morgan fingerprint density at radius 2 is 2.05 bits per heavy atom. The Hall–Kier alpha value is -2.09. The number of rotatable bonds is 3. The molecule has 1 aliphatic heterocycles. The van der Waals surface area contributed by atoms with E-state index in [4.69, 9.17) is 5.11 Å². The molecule has 8 heteroatoms. The number of aliphatic carboxylic acids is 1. The number of piperazine rings is 1. The second kappa shape index (κ2) is 6.57. The Balaban J connectivity index is 1.98. The van der Waals surface area contributed by atoms with E-state index in [1.807, 2.05) is 24.3 Å². The zero-order valence-electron chi connectivity index (χ0n) is 11.0. The molecule has 0 bridgehead atoms. The van der Waals surface area contributed by atoms with Crippen molar-refractivity contribution in [1.82, 2.24) is 15.5 Å². The number of carbonyl (C=O) groups is 3. The van der Waals surface area contributed by atoms with Crippen LogP contribution < -0.4 is 10.6 Å². The van der Waals surface area contributed by atoms with Crippen LogP contribution >= 0.6 is 15.9 Å². The van der Waals surface area contributed by atoms with Crippen LogP contribution in [-0.2, 0) is 16.1 Å². The quantitative estimate of drug-likeness (QED) is 0.736. The zero-order valence-corrected chi connectivity index (χ0v) is 12.6. The van der Waals surface area contributed by atoms with Gasteiger partial charge in [0, 0.05) is 17.6 Å². The van der Waals surface area contributed by atoms with Crippen molar-refractivity contribution in [2.24, 2.45) is 0 Å². The van der Waals surface area contributed by atoms with E-state index in [0.717, 1.165) is 14.9 Å². The van der Waals surface area contributed by atoms with Gasteiger partial charge in [-0.25, -0.2) is 9.59 Å². The van der Waals surface area contributed by atoms with Crippen LogP contribution in [0.25, 0.3) is 0 Å². The molecule has 3 N–H and O–H groups in total. The number of nitrogens with one attached hydrogen (secondary N) is 2. The molecule has 1 heterocycles. The number of urea groups is 1. The van der Waals surface area contributed by atoms with Gasteiger partial charge in [0.05, 0.1) is 0 Å². The number of halogens is 1.